The molecule has 0 bridgehead atoms. The average molecular weight is 533 g/mol. The summed E-state index contributed by atoms with van der Waals surface area (Å²) in [4.78, 5) is 45.0. The summed E-state index contributed by atoms with van der Waals surface area (Å²) in [6.07, 6.45) is 3.73. The average Bonchev–Trinajstić information content (AvgIpc) is 3.55. The third-order valence-electron chi connectivity index (χ3n) is 7.49. The molecular formula is C28H18Cl2N2O5. The summed E-state index contributed by atoms with van der Waals surface area (Å²) in [6.45, 7) is 0.0823. The zero-order valence-electron chi connectivity index (χ0n) is 19.1. The lowest BCUT2D eigenvalue weighted by atomic mass is 9.83. The van der Waals surface area contributed by atoms with Crippen molar-refractivity contribution in [2.24, 2.45) is 11.8 Å². The molecule has 2 fully saturated rings. The molecule has 3 aromatic carbocycles. The number of rotatable bonds is 3. The second-order valence-electron chi connectivity index (χ2n) is 9.40. The Kier molecular flexibility index (Phi) is 4.90. The summed E-state index contributed by atoms with van der Waals surface area (Å²) >= 11 is 12.4. The van der Waals surface area contributed by atoms with E-state index in [0.717, 1.165) is 16.0 Å². The number of ether oxygens (including phenoxy) is 2. The minimum atomic E-state index is -0.899. The fourth-order valence-electron chi connectivity index (χ4n) is 6.00. The van der Waals surface area contributed by atoms with Gasteiger partial charge in [0.15, 0.2) is 17.3 Å². The van der Waals surface area contributed by atoms with Crippen LogP contribution in [0, 0.1) is 11.8 Å². The number of benzene rings is 3. The number of ketones is 1. The molecule has 0 saturated carbocycles. The molecule has 7 rings (SSSR count). The maximum absolute atomic E-state index is 14.1. The number of imide groups is 1. The van der Waals surface area contributed by atoms with E-state index in [4.69, 9.17) is 32.7 Å². The van der Waals surface area contributed by atoms with E-state index >= 15 is 0 Å². The van der Waals surface area contributed by atoms with Gasteiger partial charge in [-0.25, -0.2) is 4.90 Å². The summed E-state index contributed by atoms with van der Waals surface area (Å²) in [5, 5.41) is 0.612. The van der Waals surface area contributed by atoms with E-state index in [-0.39, 0.29) is 18.5 Å². The lowest BCUT2D eigenvalue weighted by Crippen LogP contribution is -2.44. The van der Waals surface area contributed by atoms with Crippen molar-refractivity contribution >= 4 is 52.6 Å². The molecule has 4 aliphatic heterocycles. The summed E-state index contributed by atoms with van der Waals surface area (Å²) in [5.74, 6) is -1.74. The van der Waals surface area contributed by atoms with E-state index in [0.29, 0.717) is 32.8 Å². The third-order valence-corrected chi connectivity index (χ3v) is 7.93. The lowest BCUT2D eigenvalue weighted by molar-refractivity contribution is -0.123. The maximum Gasteiger partial charge on any atom is 0.240 e. The molecule has 184 valence electrons. The van der Waals surface area contributed by atoms with Crippen molar-refractivity contribution in [2.45, 2.75) is 12.1 Å². The highest BCUT2D eigenvalue weighted by Gasteiger charge is 2.64. The standard InChI is InChI=1S/C28H18Cl2N2O5/c29-16-10-17(30)12-18(11-16)32-27(34)22-23(28(32)35)25(26(33)15-5-6-20-21(9-15)37-13-36-20)31-8-7-14-3-1-2-4-19(14)24(22)31/h1-12,22-25H,13H2. The highest BCUT2D eigenvalue weighted by Crippen LogP contribution is 2.54. The Labute approximate surface area is 221 Å². The van der Waals surface area contributed by atoms with Gasteiger partial charge in [0, 0.05) is 21.8 Å². The fraction of sp³-hybridized carbons (Fsp3) is 0.179. The zero-order chi connectivity index (χ0) is 25.4. The molecule has 2 saturated heterocycles. The molecule has 9 heteroatoms. The van der Waals surface area contributed by atoms with Crippen molar-refractivity contribution in [3.05, 3.63) is 93.6 Å². The molecular weight excluding hydrogens is 515 g/mol. The molecule has 3 aromatic rings. The number of amides is 2. The maximum atomic E-state index is 14.1. The van der Waals surface area contributed by atoms with Crippen LogP contribution in [0.15, 0.2) is 66.9 Å². The smallest absolute Gasteiger partial charge is 0.240 e. The van der Waals surface area contributed by atoms with Gasteiger partial charge in [0.1, 0.15) is 6.04 Å². The Morgan fingerprint density at radius 3 is 2.41 bits per heavy atom. The fourth-order valence-corrected chi connectivity index (χ4v) is 6.52. The Balaban J connectivity index is 1.37. The second-order valence-corrected chi connectivity index (χ2v) is 10.3. The van der Waals surface area contributed by atoms with E-state index in [1.165, 1.54) is 18.2 Å². The van der Waals surface area contributed by atoms with Gasteiger partial charge in [-0.2, -0.15) is 0 Å². The molecule has 0 spiro atoms. The third kappa shape index (κ3) is 3.24. The van der Waals surface area contributed by atoms with Crippen LogP contribution in [-0.2, 0) is 9.59 Å². The molecule has 0 N–H and O–H groups in total. The predicted octanol–water partition coefficient (Wildman–Crippen LogP) is 5.12. The van der Waals surface area contributed by atoms with Gasteiger partial charge in [0.05, 0.1) is 23.6 Å². The lowest BCUT2D eigenvalue weighted by Gasteiger charge is -2.35. The molecule has 0 aromatic heterocycles. The van der Waals surface area contributed by atoms with Crippen molar-refractivity contribution < 1.29 is 23.9 Å². The first-order valence-corrected chi connectivity index (χ1v) is 12.5. The van der Waals surface area contributed by atoms with Crippen LogP contribution in [0.25, 0.3) is 6.08 Å². The van der Waals surface area contributed by atoms with Crippen molar-refractivity contribution in [1.82, 2.24) is 4.90 Å². The number of hydrogen-bond acceptors (Lipinski definition) is 6. The van der Waals surface area contributed by atoms with Gasteiger partial charge in [-0.15, -0.1) is 0 Å². The molecule has 0 aliphatic carbocycles. The Morgan fingerprint density at radius 1 is 0.865 bits per heavy atom. The molecule has 4 unspecified atom stereocenters. The van der Waals surface area contributed by atoms with Gasteiger partial charge in [-0.05, 0) is 53.6 Å². The first kappa shape index (κ1) is 22.4. The van der Waals surface area contributed by atoms with Crippen molar-refractivity contribution in [3.8, 4) is 11.5 Å². The van der Waals surface area contributed by atoms with Gasteiger partial charge in [0.2, 0.25) is 18.6 Å². The van der Waals surface area contributed by atoms with E-state index in [9.17, 15) is 14.4 Å². The number of carbonyl (C=O) groups is 3. The van der Waals surface area contributed by atoms with Gasteiger partial charge >= 0.3 is 0 Å². The summed E-state index contributed by atoms with van der Waals surface area (Å²) < 4.78 is 10.9. The van der Waals surface area contributed by atoms with Crippen molar-refractivity contribution in [2.75, 3.05) is 11.7 Å². The van der Waals surface area contributed by atoms with E-state index in [1.54, 1.807) is 18.2 Å². The van der Waals surface area contributed by atoms with E-state index < -0.39 is 29.8 Å². The highest BCUT2D eigenvalue weighted by molar-refractivity contribution is 6.36. The first-order valence-electron chi connectivity index (χ1n) is 11.7. The zero-order valence-corrected chi connectivity index (χ0v) is 20.6. The number of fused-ring (bicyclic) bond motifs is 6. The van der Waals surface area contributed by atoms with Crippen LogP contribution >= 0.6 is 23.2 Å². The quantitative estimate of drug-likeness (QED) is 0.344. The normalized spacial score (nSPS) is 24.8. The van der Waals surface area contributed by atoms with Crippen LogP contribution in [0.5, 0.6) is 11.5 Å². The Morgan fingerprint density at radius 2 is 1.59 bits per heavy atom. The number of carbonyl (C=O) groups excluding carboxylic acids is 3. The molecule has 4 heterocycles. The molecule has 4 atom stereocenters. The molecule has 4 aliphatic rings. The van der Waals surface area contributed by atoms with Crippen LogP contribution in [0.1, 0.15) is 27.5 Å². The summed E-state index contributed by atoms with van der Waals surface area (Å²) in [7, 11) is 0. The van der Waals surface area contributed by atoms with Crippen LogP contribution in [0.2, 0.25) is 10.0 Å². The number of halogens is 2. The van der Waals surface area contributed by atoms with Gasteiger partial charge in [0.25, 0.3) is 0 Å². The number of anilines is 1. The van der Waals surface area contributed by atoms with Crippen LogP contribution in [0.3, 0.4) is 0 Å². The molecule has 0 radical (unpaired) electrons. The first-order chi connectivity index (χ1) is 17.9. The van der Waals surface area contributed by atoms with Crippen molar-refractivity contribution in [1.29, 1.82) is 0 Å². The minimum Gasteiger partial charge on any atom is -0.454 e. The van der Waals surface area contributed by atoms with E-state index in [1.807, 2.05) is 41.4 Å². The highest BCUT2D eigenvalue weighted by atomic mass is 35.5. The van der Waals surface area contributed by atoms with Crippen LogP contribution < -0.4 is 14.4 Å². The summed E-state index contributed by atoms with van der Waals surface area (Å²) in [6, 6.07) is 15.9. The Hall–Kier alpha value is -3.81. The van der Waals surface area contributed by atoms with Gasteiger partial charge < -0.3 is 14.4 Å². The topological polar surface area (TPSA) is 76.1 Å². The van der Waals surface area contributed by atoms with Gasteiger partial charge in [-0.1, -0.05) is 47.5 Å². The van der Waals surface area contributed by atoms with Crippen LogP contribution in [0.4, 0.5) is 5.69 Å². The second kappa shape index (κ2) is 8.10. The Bertz CT molecular complexity index is 1530. The number of hydrogen-bond donors (Lipinski definition) is 0. The minimum absolute atomic E-state index is 0.0823. The largest absolute Gasteiger partial charge is 0.454 e. The molecule has 37 heavy (non-hydrogen) atoms. The van der Waals surface area contributed by atoms with E-state index in [2.05, 4.69) is 0 Å². The summed E-state index contributed by atoms with van der Waals surface area (Å²) in [5.41, 5.74) is 2.52. The molecule has 2 amide bonds. The van der Waals surface area contributed by atoms with Crippen molar-refractivity contribution in [3.63, 3.8) is 0 Å². The predicted molar refractivity (Wildman–Crippen MR) is 137 cm³/mol. The number of Topliss-reactive ketones (excluding diaryl/α,β-unsaturated/α-hetero) is 1. The SMILES string of the molecule is O=C(c1ccc2c(c1)OCO2)C1C2C(=O)N(c3cc(Cl)cc(Cl)c3)C(=O)C2C2c3ccccc3C=CN12. The number of nitrogens with zero attached hydrogens (tertiary/aromatic N) is 2. The van der Waals surface area contributed by atoms with Crippen LogP contribution in [-0.4, -0.2) is 35.3 Å². The van der Waals surface area contributed by atoms with Gasteiger partial charge in [-0.3, -0.25) is 14.4 Å². The molecule has 7 nitrogen and oxygen atoms in total. The monoisotopic (exact) mass is 532 g/mol.